The molecule has 0 aromatic carbocycles. The van der Waals surface area contributed by atoms with Crippen molar-refractivity contribution in [3.05, 3.63) is 0 Å². The summed E-state index contributed by atoms with van der Waals surface area (Å²) in [4.78, 5) is 0. The first-order chi connectivity index (χ1) is 13.3. The highest BCUT2D eigenvalue weighted by molar-refractivity contribution is 4.61. The molecule has 0 radical (unpaired) electrons. The second-order valence-electron chi connectivity index (χ2n) is 8.23. The van der Waals surface area contributed by atoms with Crippen LogP contribution >= 0.6 is 0 Å². The van der Waals surface area contributed by atoms with Gasteiger partial charge >= 0.3 is 0 Å². The van der Waals surface area contributed by atoms with Crippen LogP contribution in [0.15, 0.2) is 0 Å². The molecule has 2 N–H and O–H groups in total. The molecule has 0 saturated heterocycles. The van der Waals surface area contributed by atoms with Crippen molar-refractivity contribution in [3.63, 3.8) is 0 Å². The summed E-state index contributed by atoms with van der Waals surface area (Å²) in [5.41, 5.74) is 0. The van der Waals surface area contributed by atoms with Crippen molar-refractivity contribution in [1.29, 1.82) is 0 Å². The average Bonchev–Trinajstić information content (AvgIpc) is 2.68. The lowest BCUT2D eigenvalue weighted by atomic mass is 9.95. The summed E-state index contributed by atoms with van der Waals surface area (Å²) < 4.78 is 6.04. The van der Waals surface area contributed by atoms with Gasteiger partial charge in [-0.2, -0.15) is 0 Å². The molecule has 0 spiro atoms. The molecular weight excluding hydrogens is 334 g/mol. The normalized spacial score (nSPS) is 12.6. The van der Waals surface area contributed by atoms with Gasteiger partial charge in [0.25, 0.3) is 0 Å². The Kier molecular flexibility index (Phi) is 23.8. The standard InChI is InChI=1S/C24H51NO2/c1-3-5-7-9-10-13-18-24(17-12-8-6-4-2)23-27-22-15-11-14-19-25-20-16-21-26/h24-26H,3-23H2,1-2H3. The van der Waals surface area contributed by atoms with E-state index in [1.54, 1.807) is 0 Å². The summed E-state index contributed by atoms with van der Waals surface area (Å²) in [6.45, 7) is 8.79. The number of rotatable bonds is 23. The SMILES string of the molecule is CCCCCCCCC(CCCCCC)COCCCCCNCCCO. The van der Waals surface area contributed by atoms with Gasteiger partial charge in [-0.15, -0.1) is 0 Å². The summed E-state index contributed by atoms with van der Waals surface area (Å²) in [6, 6.07) is 0. The van der Waals surface area contributed by atoms with Crippen LogP contribution < -0.4 is 5.32 Å². The predicted octanol–water partition coefficient (Wildman–Crippen LogP) is 6.48. The summed E-state index contributed by atoms with van der Waals surface area (Å²) in [7, 11) is 0. The number of hydrogen-bond donors (Lipinski definition) is 2. The van der Waals surface area contributed by atoms with E-state index in [0.717, 1.165) is 38.6 Å². The van der Waals surface area contributed by atoms with Crippen molar-refractivity contribution in [2.45, 2.75) is 117 Å². The molecule has 0 amide bonds. The second kappa shape index (κ2) is 23.9. The van der Waals surface area contributed by atoms with E-state index in [2.05, 4.69) is 19.2 Å². The smallest absolute Gasteiger partial charge is 0.0494 e. The van der Waals surface area contributed by atoms with Crippen molar-refractivity contribution in [1.82, 2.24) is 5.32 Å². The molecule has 0 aliphatic heterocycles. The highest BCUT2D eigenvalue weighted by atomic mass is 16.5. The molecule has 0 aliphatic carbocycles. The maximum atomic E-state index is 8.74. The maximum Gasteiger partial charge on any atom is 0.0494 e. The zero-order valence-corrected chi connectivity index (χ0v) is 18.8. The van der Waals surface area contributed by atoms with Crippen molar-refractivity contribution in [2.24, 2.45) is 5.92 Å². The Morgan fingerprint density at radius 1 is 0.667 bits per heavy atom. The third-order valence-corrected chi connectivity index (χ3v) is 5.44. The molecule has 0 fully saturated rings. The van der Waals surface area contributed by atoms with E-state index in [4.69, 9.17) is 9.84 Å². The molecule has 0 aromatic rings. The van der Waals surface area contributed by atoms with Gasteiger partial charge < -0.3 is 15.2 Å². The minimum absolute atomic E-state index is 0.291. The summed E-state index contributed by atoms with van der Waals surface area (Å²) >= 11 is 0. The zero-order chi connectivity index (χ0) is 19.8. The predicted molar refractivity (Wildman–Crippen MR) is 119 cm³/mol. The Balaban J connectivity index is 3.66. The van der Waals surface area contributed by atoms with Gasteiger partial charge in [0, 0.05) is 19.8 Å². The van der Waals surface area contributed by atoms with Crippen molar-refractivity contribution in [3.8, 4) is 0 Å². The Hall–Kier alpha value is -0.120. The van der Waals surface area contributed by atoms with Crippen LogP contribution in [0.4, 0.5) is 0 Å². The second-order valence-corrected chi connectivity index (χ2v) is 8.23. The van der Waals surface area contributed by atoms with E-state index >= 15 is 0 Å². The Morgan fingerprint density at radius 3 is 1.89 bits per heavy atom. The molecule has 3 heteroatoms. The summed E-state index contributed by atoms with van der Waals surface area (Å²) in [5, 5.41) is 12.1. The fraction of sp³-hybridized carbons (Fsp3) is 1.00. The zero-order valence-electron chi connectivity index (χ0n) is 18.8. The lowest BCUT2D eigenvalue weighted by Gasteiger charge is -2.17. The molecule has 1 unspecified atom stereocenters. The van der Waals surface area contributed by atoms with Gasteiger partial charge in [0.2, 0.25) is 0 Å². The Bertz CT molecular complexity index is 261. The molecule has 1 atom stereocenters. The number of hydrogen-bond acceptors (Lipinski definition) is 3. The minimum atomic E-state index is 0.291. The largest absolute Gasteiger partial charge is 0.396 e. The number of ether oxygens (including phenoxy) is 1. The van der Waals surface area contributed by atoms with Gasteiger partial charge in [0.05, 0.1) is 0 Å². The van der Waals surface area contributed by atoms with Gasteiger partial charge in [-0.05, 0) is 57.5 Å². The quantitative estimate of drug-likeness (QED) is 0.198. The first-order valence-electron chi connectivity index (χ1n) is 12.2. The third kappa shape index (κ3) is 22.0. The van der Waals surface area contributed by atoms with Crippen LogP contribution in [0.1, 0.15) is 117 Å². The van der Waals surface area contributed by atoms with Gasteiger partial charge in [-0.1, -0.05) is 78.1 Å². The molecule has 164 valence electrons. The Morgan fingerprint density at radius 2 is 1.22 bits per heavy atom. The number of aliphatic hydroxyl groups is 1. The van der Waals surface area contributed by atoms with Crippen molar-refractivity contribution < 1.29 is 9.84 Å². The fourth-order valence-corrected chi connectivity index (χ4v) is 3.59. The van der Waals surface area contributed by atoms with E-state index in [-0.39, 0.29) is 0 Å². The molecule has 3 nitrogen and oxygen atoms in total. The number of unbranched alkanes of at least 4 members (excludes halogenated alkanes) is 10. The van der Waals surface area contributed by atoms with E-state index < -0.39 is 0 Å². The number of nitrogens with one attached hydrogen (secondary N) is 1. The number of aliphatic hydroxyl groups excluding tert-OH is 1. The first-order valence-corrected chi connectivity index (χ1v) is 12.2. The third-order valence-electron chi connectivity index (χ3n) is 5.44. The minimum Gasteiger partial charge on any atom is -0.396 e. The monoisotopic (exact) mass is 385 g/mol. The van der Waals surface area contributed by atoms with E-state index in [0.29, 0.717) is 6.61 Å². The summed E-state index contributed by atoms with van der Waals surface area (Å²) in [6.07, 6.45) is 21.1. The van der Waals surface area contributed by atoms with Crippen LogP contribution in [-0.4, -0.2) is 38.0 Å². The molecule has 0 aliphatic rings. The van der Waals surface area contributed by atoms with E-state index in [9.17, 15) is 0 Å². The molecule has 0 rings (SSSR count). The lowest BCUT2D eigenvalue weighted by Crippen LogP contribution is -2.17. The fourth-order valence-electron chi connectivity index (χ4n) is 3.59. The highest BCUT2D eigenvalue weighted by Crippen LogP contribution is 2.19. The van der Waals surface area contributed by atoms with Crippen LogP contribution in [0.3, 0.4) is 0 Å². The topological polar surface area (TPSA) is 41.5 Å². The highest BCUT2D eigenvalue weighted by Gasteiger charge is 2.09. The van der Waals surface area contributed by atoms with Crippen LogP contribution in [0.25, 0.3) is 0 Å². The van der Waals surface area contributed by atoms with Crippen LogP contribution in [0, 0.1) is 5.92 Å². The first kappa shape index (κ1) is 26.9. The van der Waals surface area contributed by atoms with Crippen LogP contribution in [0.2, 0.25) is 0 Å². The van der Waals surface area contributed by atoms with Gasteiger partial charge in [-0.25, -0.2) is 0 Å². The maximum absolute atomic E-state index is 8.74. The molecule has 0 bridgehead atoms. The Labute approximate surface area is 171 Å². The molecule has 0 saturated carbocycles. The average molecular weight is 386 g/mol. The van der Waals surface area contributed by atoms with E-state index in [1.807, 2.05) is 0 Å². The van der Waals surface area contributed by atoms with Gasteiger partial charge in [-0.3, -0.25) is 0 Å². The lowest BCUT2D eigenvalue weighted by molar-refractivity contribution is 0.0880. The molecule has 27 heavy (non-hydrogen) atoms. The van der Waals surface area contributed by atoms with Crippen LogP contribution in [0.5, 0.6) is 0 Å². The van der Waals surface area contributed by atoms with Gasteiger partial charge in [0.1, 0.15) is 0 Å². The van der Waals surface area contributed by atoms with Crippen LogP contribution in [-0.2, 0) is 4.74 Å². The molecule has 0 aromatic heterocycles. The van der Waals surface area contributed by atoms with Crippen molar-refractivity contribution in [2.75, 3.05) is 32.9 Å². The van der Waals surface area contributed by atoms with E-state index in [1.165, 1.54) is 96.3 Å². The summed E-state index contributed by atoms with van der Waals surface area (Å²) in [5.74, 6) is 0.785. The van der Waals surface area contributed by atoms with Crippen molar-refractivity contribution >= 4 is 0 Å². The molecule has 0 heterocycles. The van der Waals surface area contributed by atoms with Gasteiger partial charge in [0.15, 0.2) is 0 Å². The molecular formula is C24H51NO2.